The number of carbonyl (C=O) groups excluding carboxylic acids is 1. The number of nitro groups is 1. The third-order valence-electron chi connectivity index (χ3n) is 5.67. The van der Waals surface area contributed by atoms with Gasteiger partial charge in [0.05, 0.1) is 6.61 Å². The summed E-state index contributed by atoms with van der Waals surface area (Å²) in [5.41, 5.74) is 0.363. The van der Waals surface area contributed by atoms with E-state index < -0.39 is 5.41 Å². The van der Waals surface area contributed by atoms with Gasteiger partial charge in [-0.15, -0.1) is 0 Å². The van der Waals surface area contributed by atoms with Crippen molar-refractivity contribution in [1.29, 1.82) is 0 Å². The highest BCUT2D eigenvalue weighted by Crippen LogP contribution is 2.49. The van der Waals surface area contributed by atoms with Crippen LogP contribution in [-0.4, -0.2) is 38.6 Å². The largest absolute Gasteiger partial charge is 0.466 e. The van der Waals surface area contributed by atoms with Crippen LogP contribution in [0.2, 0.25) is 0 Å². The molecule has 146 valence electrons. The van der Waals surface area contributed by atoms with E-state index >= 15 is 0 Å². The predicted octanol–water partition coefficient (Wildman–Crippen LogP) is 3.23. The Morgan fingerprint density at radius 1 is 1.44 bits per heavy atom. The summed E-state index contributed by atoms with van der Waals surface area (Å²) in [6, 6.07) is 1.99. The van der Waals surface area contributed by atoms with Gasteiger partial charge in [0.2, 0.25) is 6.54 Å². The Labute approximate surface area is 158 Å². The molecule has 27 heavy (non-hydrogen) atoms. The first kappa shape index (κ1) is 19.3. The molecular weight excluding hydrogens is 348 g/mol. The molecule has 0 aromatic carbocycles. The molecule has 0 spiro atoms. The van der Waals surface area contributed by atoms with E-state index in [0.29, 0.717) is 6.42 Å². The first-order valence-corrected chi connectivity index (χ1v) is 9.31. The molecule has 8 nitrogen and oxygen atoms in total. The summed E-state index contributed by atoms with van der Waals surface area (Å²) < 4.78 is 7.22. The molecule has 0 N–H and O–H groups in total. The quantitative estimate of drug-likeness (QED) is 0.419. The fraction of sp³-hybridized carbons (Fsp3) is 0.632. The molecule has 2 aromatic heterocycles. The van der Waals surface area contributed by atoms with E-state index in [-0.39, 0.29) is 29.5 Å². The Kier molecular flexibility index (Phi) is 5.43. The van der Waals surface area contributed by atoms with Gasteiger partial charge in [-0.25, -0.2) is 9.97 Å². The summed E-state index contributed by atoms with van der Waals surface area (Å²) in [6.45, 7) is 4.46. The normalized spacial score (nSPS) is 25.4. The molecule has 1 aliphatic carbocycles. The molecule has 0 bridgehead atoms. The topological polar surface area (TPSA) is 100 Å². The van der Waals surface area contributed by atoms with Gasteiger partial charge < -0.3 is 9.30 Å². The van der Waals surface area contributed by atoms with E-state index in [1.165, 1.54) is 13.3 Å². The maximum absolute atomic E-state index is 11.3. The van der Waals surface area contributed by atoms with E-state index in [1.807, 2.05) is 12.3 Å². The molecule has 0 aliphatic heterocycles. The first-order chi connectivity index (χ1) is 12.8. The van der Waals surface area contributed by atoms with Crippen LogP contribution in [0, 0.1) is 20.9 Å². The molecule has 0 saturated heterocycles. The Morgan fingerprint density at radius 2 is 2.26 bits per heavy atom. The summed E-state index contributed by atoms with van der Waals surface area (Å²) >= 11 is 0. The van der Waals surface area contributed by atoms with Crippen LogP contribution in [0.3, 0.4) is 0 Å². The number of esters is 1. The summed E-state index contributed by atoms with van der Waals surface area (Å²) in [7, 11) is 0. The molecule has 1 aliphatic rings. The maximum atomic E-state index is 11.3. The van der Waals surface area contributed by atoms with Crippen molar-refractivity contribution in [2.45, 2.75) is 52.5 Å². The second-order valence-corrected chi connectivity index (χ2v) is 8.17. The van der Waals surface area contributed by atoms with Gasteiger partial charge in [0.25, 0.3) is 0 Å². The van der Waals surface area contributed by atoms with E-state index in [1.54, 1.807) is 6.20 Å². The lowest BCUT2D eigenvalue weighted by Crippen LogP contribution is -2.42. The Hall–Kier alpha value is -2.51. The average molecular weight is 374 g/mol. The van der Waals surface area contributed by atoms with Crippen molar-refractivity contribution in [3.05, 3.63) is 34.9 Å². The standard InChI is InChI=1S/C19H26N4O4/c1-15(24)27-9-7-19(13-23(25)26)6-3-5-18(2,11-19)12-22-8-4-16-10-20-14-21-17(16)22/h4,8,10,14H,3,5-7,9,11-13H2,1-2H3/t18-,19?/m0/s1. The van der Waals surface area contributed by atoms with Gasteiger partial charge in [-0.1, -0.05) is 13.3 Å². The van der Waals surface area contributed by atoms with Gasteiger partial charge in [0, 0.05) is 41.6 Å². The van der Waals surface area contributed by atoms with Crippen molar-refractivity contribution in [2.24, 2.45) is 10.8 Å². The number of ether oxygens (including phenoxy) is 1. The van der Waals surface area contributed by atoms with Crippen LogP contribution in [0.4, 0.5) is 0 Å². The van der Waals surface area contributed by atoms with Crippen LogP contribution >= 0.6 is 0 Å². The predicted molar refractivity (Wildman–Crippen MR) is 99.6 cm³/mol. The second-order valence-electron chi connectivity index (χ2n) is 8.17. The maximum Gasteiger partial charge on any atom is 0.302 e. The SMILES string of the molecule is CC(=O)OCCC1(C[N+](=O)[O-])CCC[C@](C)(Cn2ccc3cncnc32)C1. The smallest absolute Gasteiger partial charge is 0.302 e. The number of carbonyl (C=O) groups is 1. The van der Waals surface area contributed by atoms with Crippen molar-refractivity contribution in [2.75, 3.05) is 13.2 Å². The Balaban J connectivity index is 1.79. The first-order valence-electron chi connectivity index (χ1n) is 9.31. The van der Waals surface area contributed by atoms with Crippen molar-refractivity contribution in [1.82, 2.24) is 14.5 Å². The minimum absolute atomic E-state index is 0.0820. The summed E-state index contributed by atoms with van der Waals surface area (Å²) in [6.07, 6.45) is 9.32. The van der Waals surface area contributed by atoms with Crippen LogP contribution in [0.5, 0.6) is 0 Å². The molecule has 8 heteroatoms. The van der Waals surface area contributed by atoms with E-state index in [2.05, 4.69) is 21.5 Å². The fourth-order valence-corrected chi connectivity index (χ4v) is 4.69. The molecule has 1 fully saturated rings. The Bertz CT molecular complexity index is 836. The summed E-state index contributed by atoms with van der Waals surface area (Å²) in [5, 5.41) is 12.3. The summed E-state index contributed by atoms with van der Waals surface area (Å²) in [4.78, 5) is 30.7. The van der Waals surface area contributed by atoms with E-state index in [0.717, 1.165) is 43.3 Å². The van der Waals surface area contributed by atoms with Crippen molar-refractivity contribution < 1.29 is 14.5 Å². The van der Waals surface area contributed by atoms with Gasteiger partial charge in [0.15, 0.2) is 0 Å². The molecule has 2 heterocycles. The number of hydrogen-bond donors (Lipinski definition) is 0. The highest BCUT2D eigenvalue weighted by atomic mass is 16.6. The minimum Gasteiger partial charge on any atom is -0.466 e. The van der Waals surface area contributed by atoms with Crippen LogP contribution in [0.15, 0.2) is 24.8 Å². The lowest BCUT2D eigenvalue weighted by molar-refractivity contribution is -0.500. The molecule has 3 rings (SSSR count). The zero-order chi connectivity index (χ0) is 19.5. The molecule has 2 aromatic rings. The van der Waals surface area contributed by atoms with Gasteiger partial charge in [0.1, 0.15) is 12.0 Å². The monoisotopic (exact) mass is 374 g/mol. The van der Waals surface area contributed by atoms with Crippen LogP contribution in [0.1, 0.15) is 46.0 Å². The third-order valence-corrected chi connectivity index (χ3v) is 5.67. The zero-order valence-corrected chi connectivity index (χ0v) is 15.9. The van der Waals surface area contributed by atoms with Gasteiger partial charge in [-0.3, -0.25) is 14.9 Å². The van der Waals surface area contributed by atoms with Crippen LogP contribution in [-0.2, 0) is 16.1 Å². The highest BCUT2D eigenvalue weighted by Gasteiger charge is 2.45. The molecule has 2 atom stereocenters. The number of hydrogen-bond acceptors (Lipinski definition) is 6. The minimum atomic E-state index is -0.441. The van der Waals surface area contributed by atoms with E-state index in [4.69, 9.17) is 4.74 Å². The molecule has 0 radical (unpaired) electrons. The van der Waals surface area contributed by atoms with Crippen molar-refractivity contribution in [3.8, 4) is 0 Å². The van der Waals surface area contributed by atoms with Crippen LogP contribution in [0.25, 0.3) is 11.0 Å². The molecule has 0 amide bonds. The average Bonchev–Trinajstić information content (AvgIpc) is 2.96. The Morgan fingerprint density at radius 3 is 3.00 bits per heavy atom. The molecule has 1 saturated carbocycles. The summed E-state index contributed by atoms with van der Waals surface area (Å²) in [5.74, 6) is -0.344. The number of fused-ring (bicyclic) bond motifs is 1. The molecular formula is C19H26N4O4. The lowest BCUT2D eigenvalue weighted by Gasteiger charge is -2.44. The van der Waals surface area contributed by atoms with Crippen LogP contribution < -0.4 is 0 Å². The third kappa shape index (κ3) is 4.61. The fourth-order valence-electron chi connectivity index (χ4n) is 4.69. The van der Waals surface area contributed by atoms with Gasteiger partial charge in [-0.2, -0.15) is 0 Å². The zero-order valence-electron chi connectivity index (χ0n) is 15.9. The van der Waals surface area contributed by atoms with E-state index in [9.17, 15) is 14.9 Å². The van der Waals surface area contributed by atoms with Crippen molar-refractivity contribution >= 4 is 17.0 Å². The number of nitrogens with zero attached hydrogens (tertiary/aromatic N) is 4. The lowest BCUT2D eigenvalue weighted by atomic mass is 9.61. The second kappa shape index (κ2) is 7.62. The highest BCUT2D eigenvalue weighted by molar-refractivity contribution is 5.74. The van der Waals surface area contributed by atoms with Gasteiger partial charge >= 0.3 is 5.97 Å². The van der Waals surface area contributed by atoms with Gasteiger partial charge in [-0.05, 0) is 37.2 Å². The number of aromatic nitrogens is 3. The van der Waals surface area contributed by atoms with Crippen molar-refractivity contribution in [3.63, 3.8) is 0 Å². The molecule has 1 unspecified atom stereocenters. The number of rotatable bonds is 7.